The van der Waals surface area contributed by atoms with Gasteiger partial charge in [0, 0.05) is 0 Å². The molecule has 0 aromatic heterocycles. The van der Waals surface area contributed by atoms with E-state index >= 15 is 0 Å². The summed E-state index contributed by atoms with van der Waals surface area (Å²) in [6, 6.07) is 0. The molecule has 1 atom stereocenters. The van der Waals surface area contributed by atoms with Crippen LogP contribution in [0.2, 0.25) is 0 Å². The Morgan fingerprint density at radius 3 is 2.80 bits per heavy atom. The first-order valence-corrected chi connectivity index (χ1v) is 6.70. The van der Waals surface area contributed by atoms with E-state index in [1.54, 1.807) is 0 Å². The molecule has 90 valence electrons. The quantitative estimate of drug-likeness (QED) is 0.604. The Hall–Kier alpha value is -0.0800. The zero-order valence-corrected chi connectivity index (χ0v) is 10.5. The lowest BCUT2D eigenvalue weighted by Gasteiger charge is -2.09. The van der Waals surface area contributed by atoms with Gasteiger partial charge in [0.15, 0.2) is 0 Å². The monoisotopic (exact) mass is 212 g/mol. The zero-order valence-electron chi connectivity index (χ0n) is 10.5. The molecule has 0 aliphatic carbocycles. The fourth-order valence-electron chi connectivity index (χ4n) is 2.19. The Balaban J connectivity index is 1.76. The lowest BCUT2D eigenvalue weighted by molar-refractivity contribution is 0.481. The van der Waals surface area contributed by atoms with Gasteiger partial charge in [-0.15, -0.1) is 0 Å². The SMILES string of the molecule is CC(C)CCCCNCCC1CCNC1. The number of unbranched alkanes of at least 4 members (excludes halogenated alkanes) is 1. The number of hydrogen-bond donors (Lipinski definition) is 2. The fraction of sp³-hybridized carbons (Fsp3) is 1.00. The van der Waals surface area contributed by atoms with Crippen molar-refractivity contribution < 1.29 is 0 Å². The minimum Gasteiger partial charge on any atom is -0.317 e. The number of hydrogen-bond acceptors (Lipinski definition) is 2. The van der Waals surface area contributed by atoms with E-state index in [2.05, 4.69) is 24.5 Å². The van der Waals surface area contributed by atoms with Crippen LogP contribution in [0.1, 0.15) is 46.0 Å². The molecular formula is C13H28N2. The highest BCUT2D eigenvalue weighted by atomic mass is 14.9. The van der Waals surface area contributed by atoms with E-state index in [1.807, 2.05) is 0 Å². The van der Waals surface area contributed by atoms with Gasteiger partial charge < -0.3 is 10.6 Å². The summed E-state index contributed by atoms with van der Waals surface area (Å²) in [6.07, 6.45) is 6.86. The Labute approximate surface area is 95.2 Å². The average Bonchev–Trinajstić information content (AvgIpc) is 2.68. The molecule has 0 amide bonds. The van der Waals surface area contributed by atoms with E-state index in [0.29, 0.717) is 0 Å². The third-order valence-electron chi connectivity index (χ3n) is 3.28. The molecule has 1 aliphatic rings. The van der Waals surface area contributed by atoms with Gasteiger partial charge >= 0.3 is 0 Å². The summed E-state index contributed by atoms with van der Waals surface area (Å²) in [5.74, 6) is 1.81. The maximum Gasteiger partial charge on any atom is -0.00196 e. The molecule has 1 rings (SSSR count). The van der Waals surface area contributed by atoms with Crippen molar-refractivity contribution >= 4 is 0 Å². The van der Waals surface area contributed by atoms with Crippen molar-refractivity contribution in [2.45, 2.75) is 46.0 Å². The van der Waals surface area contributed by atoms with E-state index in [4.69, 9.17) is 0 Å². The van der Waals surface area contributed by atoms with Gasteiger partial charge in [-0.2, -0.15) is 0 Å². The first kappa shape index (κ1) is 13.0. The standard InChI is InChI=1S/C13H28N2/c1-12(2)5-3-4-8-14-9-6-13-7-10-15-11-13/h12-15H,3-11H2,1-2H3. The normalized spacial score (nSPS) is 21.4. The molecule has 1 saturated heterocycles. The van der Waals surface area contributed by atoms with E-state index in [-0.39, 0.29) is 0 Å². The van der Waals surface area contributed by atoms with Gasteiger partial charge in [0.25, 0.3) is 0 Å². The summed E-state index contributed by atoms with van der Waals surface area (Å²) >= 11 is 0. The van der Waals surface area contributed by atoms with Crippen LogP contribution in [-0.4, -0.2) is 26.2 Å². The fourth-order valence-corrected chi connectivity index (χ4v) is 2.19. The number of nitrogens with one attached hydrogen (secondary N) is 2. The van der Waals surface area contributed by atoms with Crippen LogP contribution in [0.3, 0.4) is 0 Å². The van der Waals surface area contributed by atoms with E-state index in [0.717, 1.165) is 11.8 Å². The maximum absolute atomic E-state index is 3.56. The van der Waals surface area contributed by atoms with Crippen LogP contribution in [-0.2, 0) is 0 Å². The maximum atomic E-state index is 3.56. The molecule has 0 spiro atoms. The second-order valence-electron chi connectivity index (χ2n) is 5.29. The zero-order chi connectivity index (χ0) is 10.9. The minimum absolute atomic E-state index is 0.870. The molecule has 0 radical (unpaired) electrons. The summed E-state index contributed by atoms with van der Waals surface area (Å²) in [5.41, 5.74) is 0. The molecule has 0 bridgehead atoms. The predicted octanol–water partition coefficient (Wildman–Crippen LogP) is 2.40. The number of rotatable bonds is 8. The molecule has 1 heterocycles. The second-order valence-corrected chi connectivity index (χ2v) is 5.29. The molecule has 0 aromatic carbocycles. The van der Waals surface area contributed by atoms with Gasteiger partial charge in [-0.05, 0) is 57.3 Å². The highest BCUT2D eigenvalue weighted by Gasteiger charge is 2.12. The molecular weight excluding hydrogens is 184 g/mol. The van der Waals surface area contributed by atoms with Gasteiger partial charge in [-0.3, -0.25) is 0 Å². The first-order valence-electron chi connectivity index (χ1n) is 6.70. The molecule has 2 N–H and O–H groups in total. The highest BCUT2D eigenvalue weighted by Crippen LogP contribution is 2.10. The Kier molecular flexibility index (Phi) is 7.03. The van der Waals surface area contributed by atoms with Crippen LogP contribution >= 0.6 is 0 Å². The third kappa shape index (κ3) is 6.91. The molecule has 1 unspecified atom stereocenters. The topological polar surface area (TPSA) is 24.1 Å². The van der Waals surface area contributed by atoms with Crippen molar-refractivity contribution in [2.24, 2.45) is 11.8 Å². The van der Waals surface area contributed by atoms with E-state index in [9.17, 15) is 0 Å². The molecule has 2 nitrogen and oxygen atoms in total. The Bertz CT molecular complexity index is 139. The highest BCUT2D eigenvalue weighted by molar-refractivity contribution is 4.71. The Morgan fingerprint density at radius 1 is 1.27 bits per heavy atom. The largest absolute Gasteiger partial charge is 0.317 e. The minimum atomic E-state index is 0.870. The van der Waals surface area contributed by atoms with Crippen LogP contribution in [0.4, 0.5) is 0 Å². The second kappa shape index (κ2) is 8.12. The van der Waals surface area contributed by atoms with Crippen LogP contribution in [0, 0.1) is 11.8 Å². The van der Waals surface area contributed by atoms with E-state index in [1.165, 1.54) is 58.3 Å². The van der Waals surface area contributed by atoms with Crippen molar-refractivity contribution in [3.05, 3.63) is 0 Å². The molecule has 1 fully saturated rings. The van der Waals surface area contributed by atoms with Crippen molar-refractivity contribution in [3.63, 3.8) is 0 Å². The smallest absolute Gasteiger partial charge is 0.00196 e. The summed E-state index contributed by atoms with van der Waals surface area (Å²) in [7, 11) is 0. The van der Waals surface area contributed by atoms with Crippen molar-refractivity contribution in [2.75, 3.05) is 26.2 Å². The Morgan fingerprint density at radius 2 is 2.13 bits per heavy atom. The predicted molar refractivity (Wildman–Crippen MR) is 67.2 cm³/mol. The van der Waals surface area contributed by atoms with Gasteiger partial charge in [-0.1, -0.05) is 26.7 Å². The first-order chi connectivity index (χ1) is 7.29. The lowest BCUT2D eigenvalue weighted by atomic mass is 10.0. The van der Waals surface area contributed by atoms with E-state index < -0.39 is 0 Å². The molecule has 1 aliphatic heterocycles. The van der Waals surface area contributed by atoms with Crippen LogP contribution in [0.25, 0.3) is 0 Å². The summed E-state index contributed by atoms with van der Waals surface area (Å²) in [6.45, 7) is 9.52. The lowest BCUT2D eigenvalue weighted by Crippen LogP contribution is -2.20. The van der Waals surface area contributed by atoms with Crippen molar-refractivity contribution in [3.8, 4) is 0 Å². The van der Waals surface area contributed by atoms with Crippen molar-refractivity contribution in [1.82, 2.24) is 10.6 Å². The summed E-state index contributed by atoms with van der Waals surface area (Å²) in [5, 5.41) is 6.98. The van der Waals surface area contributed by atoms with Gasteiger partial charge in [0.1, 0.15) is 0 Å². The van der Waals surface area contributed by atoms with Crippen LogP contribution < -0.4 is 10.6 Å². The van der Waals surface area contributed by atoms with Gasteiger partial charge in [0.05, 0.1) is 0 Å². The van der Waals surface area contributed by atoms with Gasteiger partial charge in [0.2, 0.25) is 0 Å². The summed E-state index contributed by atoms with van der Waals surface area (Å²) < 4.78 is 0. The average molecular weight is 212 g/mol. The summed E-state index contributed by atoms with van der Waals surface area (Å²) in [4.78, 5) is 0. The molecule has 0 aromatic rings. The molecule has 15 heavy (non-hydrogen) atoms. The third-order valence-corrected chi connectivity index (χ3v) is 3.28. The van der Waals surface area contributed by atoms with Crippen molar-refractivity contribution in [1.29, 1.82) is 0 Å². The molecule has 0 saturated carbocycles. The van der Waals surface area contributed by atoms with Crippen LogP contribution in [0.15, 0.2) is 0 Å². The van der Waals surface area contributed by atoms with Crippen LogP contribution in [0.5, 0.6) is 0 Å². The molecule has 2 heteroatoms. The van der Waals surface area contributed by atoms with Gasteiger partial charge in [-0.25, -0.2) is 0 Å².